The molecule has 0 aromatic heterocycles. The fourth-order valence-electron chi connectivity index (χ4n) is 1.81. The second-order valence-corrected chi connectivity index (χ2v) is 4.28. The van der Waals surface area contributed by atoms with Crippen LogP contribution >= 0.6 is 0 Å². The average Bonchev–Trinajstić information content (AvgIpc) is 2.21. The first-order chi connectivity index (χ1) is 7.04. The van der Waals surface area contributed by atoms with Gasteiger partial charge in [0, 0.05) is 0 Å². The van der Waals surface area contributed by atoms with Crippen molar-refractivity contribution >= 4 is 5.97 Å². The predicted octanol–water partition coefficient (Wildman–Crippen LogP) is 1.11. The van der Waals surface area contributed by atoms with E-state index in [9.17, 15) is 9.90 Å². The lowest BCUT2D eigenvalue weighted by Crippen LogP contribution is -2.40. The molecule has 88 valence electrons. The van der Waals surface area contributed by atoms with Crippen molar-refractivity contribution in [3.05, 3.63) is 0 Å². The molecule has 1 rings (SSSR count). The van der Waals surface area contributed by atoms with Crippen molar-refractivity contribution in [2.75, 3.05) is 7.11 Å². The van der Waals surface area contributed by atoms with Crippen molar-refractivity contribution in [3.63, 3.8) is 0 Å². The molecule has 0 bridgehead atoms. The third-order valence-corrected chi connectivity index (χ3v) is 3.13. The zero-order valence-corrected chi connectivity index (χ0v) is 9.60. The van der Waals surface area contributed by atoms with Crippen LogP contribution in [0.25, 0.3) is 0 Å². The van der Waals surface area contributed by atoms with Crippen molar-refractivity contribution in [1.82, 2.24) is 0 Å². The topological polar surface area (TPSA) is 55.8 Å². The maximum absolute atomic E-state index is 11.0. The molecular formula is C11H20O4. The first-order valence-electron chi connectivity index (χ1n) is 5.45. The first kappa shape index (κ1) is 12.5. The maximum atomic E-state index is 11.0. The van der Waals surface area contributed by atoms with Crippen molar-refractivity contribution < 1.29 is 19.4 Å². The summed E-state index contributed by atoms with van der Waals surface area (Å²) >= 11 is 0. The van der Waals surface area contributed by atoms with Crippen LogP contribution in [0.5, 0.6) is 0 Å². The van der Waals surface area contributed by atoms with E-state index in [0.717, 1.165) is 12.8 Å². The van der Waals surface area contributed by atoms with Crippen molar-refractivity contribution in [2.24, 2.45) is 5.92 Å². The molecule has 1 aliphatic heterocycles. The van der Waals surface area contributed by atoms with E-state index in [1.807, 2.05) is 6.92 Å². The SMILES string of the molecule is COC(=O)CC(O)C1CCC(C)C(C)O1. The van der Waals surface area contributed by atoms with Crippen LogP contribution in [0.2, 0.25) is 0 Å². The van der Waals surface area contributed by atoms with Gasteiger partial charge in [0.1, 0.15) is 0 Å². The highest BCUT2D eigenvalue weighted by Crippen LogP contribution is 2.26. The number of rotatable bonds is 3. The van der Waals surface area contributed by atoms with Crippen molar-refractivity contribution in [1.29, 1.82) is 0 Å². The van der Waals surface area contributed by atoms with E-state index in [0.29, 0.717) is 5.92 Å². The Morgan fingerprint density at radius 3 is 2.73 bits per heavy atom. The molecule has 0 aliphatic carbocycles. The van der Waals surface area contributed by atoms with Gasteiger partial charge in [-0.15, -0.1) is 0 Å². The minimum atomic E-state index is -0.743. The number of esters is 1. The number of ether oxygens (including phenoxy) is 2. The van der Waals surface area contributed by atoms with Gasteiger partial charge in [0.05, 0.1) is 31.8 Å². The van der Waals surface area contributed by atoms with E-state index in [4.69, 9.17) is 4.74 Å². The lowest BCUT2D eigenvalue weighted by atomic mass is 9.91. The molecular weight excluding hydrogens is 196 g/mol. The summed E-state index contributed by atoms with van der Waals surface area (Å²) in [5.41, 5.74) is 0. The van der Waals surface area contributed by atoms with Crippen LogP contribution in [0.4, 0.5) is 0 Å². The molecule has 0 saturated carbocycles. The largest absolute Gasteiger partial charge is 0.469 e. The van der Waals surface area contributed by atoms with Gasteiger partial charge in [-0.25, -0.2) is 0 Å². The van der Waals surface area contributed by atoms with Crippen LogP contribution in [0.1, 0.15) is 33.1 Å². The Balaban J connectivity index is 2.40. The Labute approximate surface area is 90.6 Å². The van der Waals surface area contributed by atoms with E-state index >= 15 is 0 Å². The highest BCUT2D eigenvalue weighted by Gasteiger charge is 2.31. The number of hydrogen-bond donors (Lipinski definition) is 1. The number of aliphatic hydroxyl groups is 1. The predicted molar refractivity (Wildman–Crippen MR) is 55.4 cm³/mol. The monoisotopic (exact) mass is 216 g/mol. The second-order valence-electron chi connectivity index (χ2n) is 4.28. The third kappa shape index (κ3) is 3.47. The van der Waals surface area contributed by atoms with Gasteiger partial charge in [0.25, 0.3) is 0 Å². The summed E-state index contributed by atoms with van der Waals surface area (Å²) in [6, 6.07) is 0. The summed E-state index contributed by atoms with van der Waals surface area (Å²) < 4.78 is 10.2. The van der Waals surface area contributed by atoms with E-state index < -0.39 is 12.1 Å². The molecule has 4 unspecified atom stereocenters. The van der Waals surface area contributed by atoms with Crippen molar-refractivity contribution in [2.45, 2.75) is 51.4 Å². The molecule has 1 heterocycles. The molecule has 0 aromatic carbocycles. The molecule has 1 N–H and O–H groups in total. The quantitative estimate of drug-likeness (QED) is 0.718. The Kier molecular flexibility index (Phi) is 4.54. The normalized spacial score (nSPS) is 33.5. The minimum absolute atomic E-state index is 0.0161. The molecule has 4 heteroatoms. The molecule has 15 heavy (non-hydrogen) atoms. The van der Waals surface area contributed by atoms with E-state index in [2.05, 4.69) is 11.7 Å². The number of carbonyl (C=O) groups excluding carboxylic acids is 1. The second kappa shape index (κ2) is 5.47. The molecule has 4 nitrogen and oxygen atoms in total. The van der Waals surface area contributed by atoms with Crippen LogP contribution in [0.15, 0.2) is 0 Å². The molecule has 4 atom stereocenters. The van der Waals surface area contributed by atoms with Gasteiger partial charge in [-0.3, -0.25) is 4.79 Å². The Hall–Kier alpha value is -0.610. The lowest BCUT2D eigenvalue weighted by Gasteiger charge is -2.34. The molecule has 0 spiro atoms. The zero-order valence-electron chi connectivity index (χ0n) is 9.60. The lowest BCUT2D eigenvalue weighted by molar-refractivity contribution is -0.152. The van der Waals surface area contributed by atoms with Crippen LogP contribution in [-0.4, -0.2) is 36.5 Å². The van der Waals surface area contributed by atoms with Gasteiger partial charge in [-0.05, 0) is 25.7 Å². The van der Waals surface area contributed by atoms with Gasteiger partial charge in [-0.1, -0.05) is 6.92 Å². The van der Waals surface area contributed by atoms with E-state index in [1.165, 1.54) is 7.11 Å². The molecule has 0 aromatic rings. The Bertz CT molecular complexity index is 217. The first-order valence-corrected chi connectivity index (χ1v) is 5.45. The Morgan fingerprint density at radius 1 is 1.53 bits per heavy atom. The summed E-state index contributed by atoms with van der Waals surface area (Å²) in [6.07, 6.45) is 1.04. The summed E-state index contributed by atoms with van der Waals surface area (Å²) in [6.45, 7) is 4.13. The number of aliphatic hydroxyl groups excluding tert-OH is 1. The number of carbonyl (C=O) groups is 1. The smallest absolute Gasteiger partial charge is 0.308 e. The van der Waals surface area contributed by atoms with Crippen LogP contribution in [0, 0.1) is 5.92 Å². The Morgan fingerprint density at radius 2 is 2.20 bits per heavy atom. The van der Waals surface area contributed by atoms with Gasteiger partial charge >= 0.3 is 5.97 Å². The van der Waals surface area contributed by atoms with Crippen molar-refractivity contribution in [3.8, 4) is 0 Å². The fraction of sp³-hybridized carbons (Fsp3) is 0.909. The van der Waals surface area contributed by atoms with Gasteiger partial charge < -0.3 is 14.6 Å². The summed E-state index contributed by atoms with van der Waals surface area (Å²) in [4.78, 5) is 11.0. The van der Waals surface area contributed by atoms with E-state index in [-0.39, 0.29) is 18.6 Å². The van der Waals surface area contributed by atoms with Crippen LogP contribution in [0.3, 0.4) is 0 Å². The van der Waals surface area contributed by atoms with Crippen LogP contribution < -0.4 is 0 Å². The zero-order chi connectivity index (χ0) is 11.4. The van der Waals surface area contributed by atoms with Crippen LogP contribution in [-0.2, 0) is 14.3 Å². The standard InChI is InChI=1S/C11H20O4/c1-7-4-5-10(15-8(7)2)9(12)6-11(13)14-3/h7-10,12H,4-6H2,1-3H3. The highest BCUT2D eigenvalue weighted by molar-refractivity contribution is 5.69. The fourth-order valence-corrected chi connectivity index (χ4v) is 1.81. The third-order valence-electron chi connectivity index (χ3n) is 3.13. The number of methoxy groups -OCH3 is 1. The molecule has 1 saturated heterocycles. The minimum Gasteiger partial charge on any atom is -0.469 e. The van der Waals surface area contributed by atoms with E-state index in [1.54, 1.807) is 0 Å². The molecule has 1 fully saturated rings. The van der Waals surface area contributed by atoms with Gasteiger partial charge in [0.15, 0.2) is 0 Å². The summed E-state index contributed by atoms with van der Waals surface area (Å²) in [7, 11) is 1.32. The summed E-state index contributed by atoms with van der Waals surface area (Å²) in [5.74, 6) is 0.129. The molecule has 0 radical (unpaired) electrons. The molecule has 0 amide bonds. The van der Waals surface area contributed by atoms with Gasteiger partial charge in [0.2, 0.25) is 0 Å². The average molecular weight is 216 g/mol. The number of hydrogen-bond acceptors (Lipinski definition) is 4. The highest BCUT2D eigenvalue weighted by atomic mass is 16.5. The summed E-state index contributed by atoms with van der Waals surface area (Å²) in [5, 5.41) is 9.75. The molecule has 1 aliphatic rings. The maximum Gasteiger partial charge on any atom is 0.308 e. The van der Waals surface area contributed by atoms with Gasteiger partial charge in [-0.2, -0.15) is 0 Å².